The molecule has 2 aromatic rings. The molecule has 1 aliphatic rings. The second-order valence-corrected chi connectivity index (χ2v) is 6.19. The number of carbonyl (C=O) groups excluding carboxylic acids is 2. The van der Waals surface area contributed by atoms with Crippen molar-refractivity contribution in [2.45, 2.75) is 12.8 Å². The highest BCUT2D eigenvalue weighted by Gasteiger charge is 2.21. The molecule has 1 heterocycles. The van der Waals surface area contributed by atoms with Crippen molar-refractivity contribution in [1.29, 1.82) is 0 Å². The first kappa shape index (κ1) is 19.2. The summed E-state index contributed by atoms with van der Waals surface area (Å²) >= 11 is 0. The second-order valence-electron chi connectivity index (χ2n) is 6.19. The van der Waals surface area contributed by atoms with Crippen LogP contribution in [0.4, 0.5) is 11.4 Å². The van der Waals surface area contributed by atoms with Crippen LogP contribution in [0.3, 0.4) is 0 Å². The van der Waals surface area contributed by atoms with Crippen LogP contribution in [0, 0.1) is 0 Å². The summed E-state index contributed by atoms with van der Waals surface area (Å²) in [6.45, 7) is 0.0110. The normalized spacial score (nSPS) is 13.3. The topological polar surface area (TPSA) is 105 Å². The molecule has 3 rings (SSSR count). The van der Waals surface area contributed by atoms with Crippen LogP contribution >= 0.6 is 0 Å². The third kappa shape index (κ3) is 5.23. The Balaban J connectivity index is 1.54. The summed E-state index contributed by atoms with van der Waals surface area (Å²) < 4.78 is 10.6. The van der Waals surface area contributed by atoms with E-state index >= 15 is 0 Å². The average Bonchev–Trinajstić information content (AvgIpc) is 3.11. The number of hydrogen-bond donors (Lipinski definition) is 2. The molecule has 0 spiro atoms. The molecule has 2 amide bonds. The highest BCUT2D eigenvalue weighted by atomic mass is 16.5. The van der Waals surface area contributed by atoms with Gasteiger partial charge in [-0.2, -0.15) is 0 Å². The van der Waals surface area contributed by atoms with E-state index in [0.717, 1.165) is 12.1 Å². The van der Waals surface area contributed by atoms with Gasteiger partial charge in [0.1, 0.15) is 11.5 Å². The molecule has 8 heteroatoms. The Kier molecular flexibility index (Phi) is 6.11. The molecule has 0 radical (unpaired) electrons. The fourth-order valence-corrected chi connectivity index (χ4v) is 2.82. The number of anilines is 2. The van der Waals surface area contributed by atoms with Crippen LogP contribution in [-0.2, 0) is 14.4 Å². The van der Waals surface area contributed by atoms with Crippen LogP contribution in [0.25, 0.3) is 0 Å². The van der Waals surface area contributed by atoms with Crippen molar-refractivity contribution in [2.24, 2.45) is 0 Å². The molecule has 146 valence electrons. The van der Waals surface area contributed by atoms with Gasteiger partial charge in [0.25, 0.3) is 5.91 Å². The van der Waals surface area contributed by atoms with E-state index in [-0.39, 0.29) is 18.4 Å². The summed E-state index contributed by atoms with van der Waals surface area (Å²) in [6, 6.07) is 13.5. The van der Waals surface area contributed by atoms with E-state index in [0.29, 0.717) is 30.2 Å². The van der Waals surface area contributed by atoms with Crippen molar-refractivity contribution in [3.63, 3.8) is 0 Å². The number of nitrogens with one attached hydrogen (secondary N) is 1. The van der Waals surface area contributed by atoms with Gasteiger partial charge < -0.3 is 24.8 Å². The number of carboxylic acid groups (broad SMARTS) is 1. The molecule has 0 saturated carbocycles. The zero-order chi connectivity index (χ0) is 19.9. The number of hydrogen-bond acceptors (Lipinski definition) is 5. The Morgan fingerprint density at radius 2 is 1.75 bits per heavy atom. The lowest BCUT2D eigenvalue weighted by Crippen LogP contribution is -2.24. The summed E-state index contributed by atoms with van der Waals surface area (Å²) in [5.41, 5.74) is 1.22. The molecule has 1 saturated heterocycles. The van der Waals surface area contributed by atoms with E-state index in [2.05, 4.69) is 5.32 Å². The van der Waals surface area contributed by atoms with Gasteiger partial charge in [0, 0.05) is 36.5 Å². The van der Waals surface area contributed by atoms with Crippen molar-refractivity contribution < 1.29 is 29.0 Å². The SMILES string of the molecule is O=C(O)COc1cccc(NC(=O)COc2cccc(N3CCCC3=O)c2)c1. The minimum atomic E-state index is -1.08. The molecule has 0 atom stereocenters. The minimum Gasteiger partial charge on any atom is -0.484 e. The Morgan fingerprint density at radius 3 is 2.46 bits per heavy atom. The van der Waals surface area contributed by atoms with Crippen LogP contribution in [0.2, 0.25) is 0 Å². The maximum atomic E-state index is 12.1. The van der Waals surface area contributed by atoms with Crippen LogP contribution in [0.1, 0.15) is 12.8 Å². The van der Waals surface area contributed by atoms with E-state index in [4.69, 9.17) is 14.6 Å². The van der Waals surface area contributed by atoms with E-state index in [9.17, 15) is 14.4 Å². The first-order valence-corrected chi connectivity index (χ1v) is 8.79. The van der Waals surface area contributed by atoms with Gasteiger partial charge >= 0.3 is 5.97 Å². The molecule has 2 N–H and O–H groups in total. The zero-order valence-corrected chi connectivity index (χ0v) is 15.1. The highest BCUT2D eigenvalue weighted by Crippen LogP contribution is 2.25. The second kappa shape index (κ2) is 8.90. The number of ether oxygens (including phenoxy) is 2. The van der Waals surface area contributed by atoms with Gasteiger partial charge in [0.15, 0.2) is 13.2 Å². The van der Waals surface area contributed by atoms with Crippen molar-refractivity contribution in [3.8, 4) is 11.5 Å². The highest BCUT2D eigenvalue weighted by molar-refractivity contribution is 5.95. The Hall–Kier alpha value is -3.55. The molecular formula is C20H20N2O6. The van der Waals surface area contributed by atoms with Gasteiger partial charge in [-0.1, -0.05) is 12.1 Å². The van der Waals surface area contributed by atoms with Gasteiger partial charge in [0.2, 0.25) is 5.91 Å². The van der Waals surface area contributed by atoms with Gasteiger partial charge in [-0.25, -0.2) is 4.79 Å². The van der Waals surface area contributed by atoms with Gasteiger partial charge in [0.05, 0.1) is 0 Å². The van der Waals surface area contributed by atoms with Crippen molar-refractivity contribution >= 4 is 29.2 Å². The molecule has 28 heavy (non-hydrogen) atoms. The van der Waals surface area contributed by atoms with Crippen molar-refractivity contribution in [1.82, 2.24) is 0 Å². The van der Waals surface area contributed by atoms with E-state index < -0.39 is 12.6 Å². The van der Waals surface area contributed by atoms with Crippen LogP contribution in [-0.4, -0.2) is 42.6 Å². The predicted molar refractivity (Wildman–Crippen MR) is 102 cm³/mol. The molecular weight excluding hydrogens is 364 g/mol. The minimum absolute atomic E-state index is 0.0832. The van der Waals surface area contributed by atoms with Crippen LogP contribution in [0.15, 0.2) is 48.5 Å². The first-order chi connectivity index (χ1) is 13.5. The third-order valence-corrected chi connectivity index (χ3v) is 4.05. The molecule has 0 unspecified atom stereocenters. The molecule has 0 aromatic heterocycles. The van der Waals surface area contributed by atoms with E-state index in [1.54, 1.807) is 41.3 Å². The summed E-state index contributed by atoms with van der Waals surface area (Å²) in [5, 5.41) is 11.3. The molecule has 0 aliphatic carbocycles. The van der Waals surface area contributed by atoms with Gasteiger partial charge in [-0.05, 0) is 30.7 Å². The summed E-state index contributed by atoms with van der Waals surface area (Å²) in [5.74, 6) is -0.548. The molecule has 0 bridgehead atoms. The first-order valence-electron chi connectivity index (χ1n) is 8.79. The average molecular weight is 384 g/mol. The number of amides is 2. The fourth-order valence-electron chi connectivity index (χ4n) is 2.82. The summed E-state index contributed by atoms with van der Waals surface area (Å²) in [4.78, 5) is 36.2. The molecule has 1 aliphatic heterocycles. The lowest BCUT2D eigenvalue weighted by Gasteiger charge is -2.16. The zero-order valence-electron chi connectivity index (χ0n) is 15.1. The fraction of sp³-hybridized carbons (Fsp3) is 0.250. The van der Waals surface area contributed by atoms with Crippen LogP contribution in [0.5, 0.6) is 11.5 Å². The molecule has 2 aromatic carbocycles. The van der Waals surface area contributed by atoms with E-state index in [1.807, 2.05) is 6.07 Å². The largest absolute Gasteiger partial charge is 0.484 e. The standard InChI is InChI=1S/C20H20N2O6/c23-18(21-14-4-1-6-16(10-14)28-13-20(25)26)12-27-17-7-2-5-15(11-17)22-9-3-8-19(22)24/h1-2,4-7,10-11H,3,8-9,12-13H2,(H,21,23)(H,25,26). The van der Waals surface area contributed by atoms with Crippen LogP contribution < -0.4 is 19.7 Å². The maximum Gasteiger partial charge on any atom is 0.341 e. The van der Waals surface area contributed by atoms with Crippen molar-refractivity contribution in [3.05, 3.63) is 48.5 Å². The predicted octanol–water partition coefficient (Wildman–Crippen LogP) is 2.29. The molecule has 8 nitrogen and oxygen atoms in total. The smallest absolute Gasteiger partial charge is 0.341 e. The lowest BCUT2D eigenvalue weighted by atomic mass is 10.3. The number of nitrogens with zero attached hydrogens (tertiary/aromatic N) is 1. The monoisotopic (exact) mass is 384 g/mol. The Labute approximate surface area is 161 Å². The number of aliphatic carboxylic acids is 1. The maximum absolute atomic E-state index is 12.1. The Bertz CT molecular complexity index is 883. The van der Waals surface area contributed by atoms with Gasteiger partial charge in [-0.3, -0.25) is 9.59 Å². The number of rotatable bonds is 8. The summed E-state index contributed by atoms with van der Waals surface area (Å²) in [7, 11) is 0. The number of carboxylic acids is 1. The van der Waals surface area contributed by atoms with E-state index in [1.165, 1.54) is 6.07 Å². The Morgan fingerprint density at radius 1 is 1.04 bits per heavy atom. The number of carbonyl (C=O) groups is 3. The van der Waals surface area contributed by atoms with Gasteiger partial charge in [-0.15, -0.1) is 0 Å². The summed E-state index contributed by atoms with van der Waals surface area (Å²) in [6.07, 6.45) is 1.38. The van der Waals surface area contributed by atoms with Crippen molar-refractivity contribution in [2.75, 3.05) is 30.0 Å². The lowest BCUT2D eigenvalue weighted by molar-refractivity contribution is -0.139. The third-order valence-electron chi connectivity index (χ3n) is 4.05. The quantitative estimate of drug-likeness (QED) is 0.724. The molecule has 1 fully saturated rings. The number of benzene rings is 2.